The zero-order valence-corrected chi connectivity index (χ0v) is 15.2. The molecular formula is C20H24N2OS. The molecule has 4 heteroatoms. The van der Waals surface area contributed by atoms with E-state index in [1.807, 2.05) is 12.1 Å². The molecule has 0 bridgehead atoms. The highest BCUT2D eigenvalue weighted by Gasteiger charge is 2.16. The van der Waals surface area contributed by atoms with Crippen LogP contribution >= 0.6 is 11.8 Å². The van der Waals surface area contributed by atoms with Crippen molar-refractivity contribution in [2.45, 2.75) is 39.2 Å². The molecule has 2 aliphatic heterocycles. The highest BCUT2D eigenvalue weighted by molar-refractivity contribution is 8.11. The molecule has 3 nitrogen and oxygen atoms in total. The molecule has 2 aliphatic rings. The Labute approximate surface area is 148 Å². The van der Waals surface area contributed by atoms with Crippen molar-refractivity contribution in [1.29, 1.82) is 5.26 Å². The summed E-state index contributed by atoms with van der Waals surface area (Å²) < 4.78 is 6.14. The molecule has 126 valence electrons. The lowest BCUT2D eigenvalue weighted by Crippen LogP contribution is -2.37. The van der Waals surface area contributed by atoms with Crippen LogP contribution < -0.4 is 10.1 Å². The smallest absolute Gasteiger partial charge is 0.121 e. The first-order valence-electron chi connectivity index (χ1n) is 8.63. The Hall–Kier alpha value is -1.70. The number of nitriles is 1. The quantitative estimate of drug-likeness (QED) is 0.866. The van der Waals surface area contributed by atoms with Gasteiger partial charge in [-0.25, -0.2) is 0 Å². The van der Waals surface area contributed by atoms with Crippen molar-refractivity contribution >= 4 is 16.7 Å². The molecule has 3 rings (SSSR count). The number of allylic oxidation sites excluding steroid dienone is 3. The molecule has 0 aromatic heterocycles. The molecule has 1 saturated heterocycles. The summed E-state index contributed by atoms with van der Waals surface area (Å²) in [5.74, 6) is 1.36. The van der Waals surface area contributed by atoms with Gasteiger partial charge >= 0.3 is 0 Å². The molecule has 0 aliphatic carbocycles. The number of ether oxygens (including phenoxy) is 1. The summed E-state index contributed by atoms with van der Waals surface area (Å²) in [6.07, 6.45) is 8.02. The average molecular weight is 340 g/mol. The van der Waals surface area contributed by atoms with Gasteiger partial charge in [0.05, 0.1) is 11.6 Å². The van der Waals surface area contributed by atoms with E-state index in [1.165, 1.54) is 9.81 Å². The molecule has 0 amide bonds. The number of hydrogen-bond acceptors (Lipinski definition) is 4. The van der Waals surface area contributed by atoms with Gasteiger partial charge in [-0.1, -0.05) is 30.8 Å². The van der Waals surface area contributed by atoms with Crippen LogP contribution in [0, 0.1) is 17.2 Å². The van der Waals surface area contributed by atoms with E-state index in [2.05, 4.69) is 43.5 Å². The van der Waals surface area contributed by atoms with E-state index in [-0.39, 0.29) is 6.10 Å². The molecule has 0 radical (unpaired) electrons. The topological polar surface area (TPSA) is 45.0 Å². The maximum Gasteiger partial charge on any atom is 0.121 e. The van der Waals surface area contributed by atoms with Crippen molar-refractivity contribution < 1.29 is 4.74 Å². The number of benzene rings is 1. The Morgan fingerprint density at radius 3 is 2.96 bits per heavy atom. The highest BCUT2D eigenvalue weighted by Crippen LogP contribution is 2.39. The SMILES string of the molecule is CC1=CC(C)CC=C(c2cc(C#N)cc(O[C@H]3CCCNC3)c2)S1. The van der Waals surface area contributed by atoms with E-state index >= 15 is 0 Å². The van der Waals surface area contributed by atoms with Crippen LogP contribution in [-0.2, 0) is 0 Å². The molecular weight excluding hydrogens is 316 g/mol. The fourth-order valence-electron chi connectivity index (χ4n) is 3.17. The first-order chi connectivity index (χ1) is 11.6. The standard InChI is InChI=1S/C20H24N2OS/c1-14-5-6-20(24-15(2)8-14)17-9-16(12-21)10-19(11-17)23-18-4-3-7-22-13-18/h6,8-11,14,18,22H,3-5,7,13H2,1-2H3/t14?,18-/m0/s1. The summed E-state index contributed by atoms with van der Waals surface area (Å²) in [4.78, 5) is 2.53. The van der Waals surface area contributed by atoms with Gasteiger partial charge in [0.15, 0.2) is 0 Å². The van der Waals surface area contributed by atoms with Crippen LogP contribution in [0.4, 0.5) is 0 Å². The lowest BCUT2D eigenvalue weighted by Gasteiger charge is -2.24. The number of piperidine rings is 1. The van der Waals surface area contributed by atoms with Crippen LogP contribution in [0.15, 0.2) is 35.3 Å². The van der Waals surface area contributed by atoms with Gasteiger partial charge in [0, 0.05) is 11.4 Å². The number of hydrogen-bond donors (Lipinski definition) is 1. The van der Waals surface area contributed by atoms with Gasteiger partial charge in [-0.2, -0.15) is 5.26 Å². The Bertz CT molecular complexity index is 696. The summed E-state index contributed by atoms with van der Waals surface area (Å²) in [6, 6.07) is 8.17. The van der Waals surface area contributed by atoms with Crippen molar-refractivity contribution in [3.8, 4) is 11.8 Å². The van der Waals surface area contributed by atoms with Gasteiger partial charge in [-0.15, -0.1) is 0 Å². The van der Waals surface area contributed by atoms with Crippen molar-refractivity contribution in [3.63, 3.8) is 0 Å². The normalized spacial score (nSPS) is 24.4. The predicted molar refractivity (Wildman–Crippen MR) is 101 cm³/mol. The highest BCUT2D eigenvalue weighted by atomic mass is 32.2. The molecule has 24 heavy (non-hydrogen) atoms. The number of nitrogens with zero attached hydrogens (tertiary/aromatic N) is 1. The summed E-state index contributed by atoms with van der Waals surface area (Å²) in [6.45, 7) is 6.33. The van der Waals surface area contributed by atoms with Gasteiger partial charge in [0.1, 0.15) is 11.9 Å². The van der Waals surface area contributed by atoms with E-state index < -0.39 is 0 Å². The van der Waals surface area contributed by atoms with Gasteiger partial charge in [0.25, 0.3) is 0 Å². The van der Waals surface area contributed by atoms with E-state index in [0.717, 1.165) is 43.7 Å². The van der Waals surface area contributed by atoms with E-state index in [4.69, 9.17) is 4.74 Å². The Balaban J connectivity index is 1.86. The summed E-state index contributed by atoms with van der Waals surface area (Å²) in [5.41, 5.74) is 1.74. The molecule has 0 saturated carbocycles. The minimum absolute atomic E-state index is 0.193. The van der Waals surface area contributed by atoms with E-state index in [0.29, 0.717) is 11.5 Å². The molecule has 1 unspecified atom stereocenters. The predicted octanol–water partition coefficient (Wildman–Crippen LogP) is 4.71. The lowest BCUT2D eigenvalue weighted by atomic mass is 10.1. The lowest BCUT2D eigenvalue weighted by molar-refractivity contribution is 0.167. The van der Waals surface area contributed by atoms with Crippen molar-refractivity contribution in [2.75, 3.05) is 13.1 Å². The second-order valence-electron chi connectivity index (χ2n) is 6.60. The Morgan fingerprint density at radius 1 is 1.33 bits per heavy atom. The summed E-state index contributed by atoms with van der Waals surface area (Å²) >= 11 is 1.78. The van der Waals surface area contributed by atoms with E-state index in [9.17, 15) is 5.26 Å². The van der Waals surface area contributed by atoms with Gasteiger partial charge in [-0.05, 0) is 67.3 Å². The van der Waals surface area contributed by atoms with E-state index in [1.54, 1.807) is 11.8 Å². The zero-order valence-electron chi connectivity index (χ0n) is 14.3. The largest absolute Gasteiger partial charge is 0.489 e. The van der Waals surface area contributed by atoms with Crippen LogP contribution in [0.2, 0.25) is 0 Å². The van der Waals surface area contributed by atoms with Crippen LogP contribution in [-0.4, -0.2) is 19.2 Å². The summed E-state index contributed by atoms with van der Waals surface area (Å²) in [7, 11) is 0. The van der Waals surface area contributed by atoms with Gasteiger partial charge < -0.3 is 10.1 Å². The monoisotopic (exact) mass is 340 g/mol. The molecule has 1 N–H and O–H groups in total. The second-order valence-corrected chi connectivity index (χ2v) is 7.89. The number of thioether (sulfide) groups is 1. The minimum Gasteiger partial charge on any atom is -0.489 e. The third-order valence-corrected chi connectivity index (χ3v) is 5.42. The van der Waals surface area contributed by atoms with Crippen LogP contribution in [0.25, 0.3) is 4.91 Å². The third kappa shape index (κ3) is 4.43. The molecule has 1 aromatic rings. The first-order valence-corrected chi connectivity index (χ1v) is 9.45. The van der Waals surface area contributed by atoms with Crippen LogP contribution in [0.5, 0.6) is 5.75 Å². The summed E-state index contributed by atoms with van der Waals surface area (Å²) in [5, 5.41) is 12.8. The van der Waals surface area contributed by atoms with Crippen LogP contribution in [0.1, 0.15) is 44.2 Å². The maximum absolute atomic E-state index is 9.38. The molecule has 1 aromatic carbocycles. The fourth-order valence-corrected chi connectivity index (χ4v) is 4.24. The number of nitrogens with one attached hydrogen (secondary N) is 1. The van der Waals surface area contributed by atoms with Crippen LogP contribution in [0.3, 0.4) is 0 Å². The zero-order chi connectivity index (χ0) is 16.9. The van der Waals surface area contributed by atoms with Crippen molar-refractivity contribution in [2.24, 2.45) is 5.92 Å². The molecule has 2 heterocycles. The molecule has 1 fully saturated rings. The fraction of sp³-hybridized carbons (Fsp3) is 0.450. The Morgan fingerprint density at radius 2 is 2.21 bits per heavy atom. The average Bonchev–Trinajstić information content (AvgIpc) is 2.75. The Kier molecular flexibility index (Phi) is 5.65. The maximum atomic E-state index is 9.38. The molecule has 2 atom stereocenters. The third-order valence-electron chi connectivity index (χ3n) is 4.34. The van der Waals surface area contributed by atoms with Gasteiger partial charge in [-0.3, -0.25) is 0 Å². The number of rotatable bonds is 3. The van der Waals surface area contributed by atoms with Crippen molar-refractivity contribution in [3.05, 3.63) is 46.4 Å². The second kappa shape index (κ2) is 7.92. The molecule has 0 spiro atoms. The van der Waals surface area contributed by atoms with Crippen molar-refractivity contribution in [1.82, 2.24) is 5.32 Å². The first kappa shape index (κ1) is 17.1. The van der Waals surface area contributed by atoms with Gasteiger partial charge in [0.2, 0.25) is 0 Å². The minimum atomic E-state index is 0.193.